The second kappa shape index (κ2) is 9.09. The first-order chi connectivity index (χ1) is 13.6. The third-order valence-corrected chi connectivity index (χ3v) is 6.24. The predicted molar refractivity (Wildman–Crippen MR) is 112 cm³/mol. The third-order valence-electron chi connectivity index (χ3n) is 4.98. The Morgan fingerprint density at radius 2 is 2.04 bits per heavy atom. The summed E-state index contributed by atoms with van der Waals surface area (Å²) in [6, 6.07) is 11.7. The molecule has 0 spiro atoms. The smallest absolute Gasteiger partial charge is 0.235 e. The average Bonchev–Trinajstić information content (AvgIpc) is 2.73. The van der Waals surface area contributed by atoms with Crippen molar-refractivity contribution >= 4 is 23.5 Å². The largest absolute Gasteiger partial charge is 0.368 e. The molecule has 146 valence electrons. The van der Waals surface area contributed by atoms with Crippen LogP contribution in [0.1, 0.15) is 34.4 Å². The van der Waals surface area contributed by atoms with Crippen LogP contribution in [0, 0.1) is 18.3 Å². The first kappa shape index (κ1) is 20.2. The van der Waals surface area contributed by atoms with E-state index >= 15 is 0 Å². The quantitative estimate of drug-likeness (QED) is 0.730. The zero-order valence-electron chi connectivity index (χ0n) is 16.2. The van der Waals surface area contributed by atoms with Gasteiger partial charge in [-0.3, -0.25) is 4.79 Å². The van der Waals surface area contributed by atoms with Crippen LogP contribution in [-0.2, 0) is 11.2 Å². The van der Waals surface area contributed by atoms with E-state index in [0.717, 1.165) is 55.1 Å². The van der Waals surface area contributed by atoms with Crippen LogP contribution in [0.3, 0.4) is 0 Å². The molecule has 1 atom stereocenters. The van der Waals surface area contributed by atoms with E-state index in [1.807, 2.05) is 44.2 Å². The third kappa shape index (κ3) is 4.13. The number of primary amides is 1. The lowest BCUT2D eigenvalue weighted by atomic mass is 10.0. The summed E-state index contributed by atoms with van der Waals surface area (Å²) in [6.07, 6.45) is 0.733. The minimum Gasteiger partial charge on any atom is -0.368 e. The van der Waals surface area contributed by atoms with Crippen LogP contribution in [-0.4, -0.2) is 37.1 Å². The maximum absolute atomic E-state index is 12.2. The normalized spacial score (nSPS) is 15.1. The molecule has 3 rings (SSSR count). The second-order valence-electron chi connectivity index (χ2n) is 6.73. The summed E-state index contributed by atoms with van der Waals surface area (Å²) in [5.74, 6) is 0.459. The summed E-state index contributed by atoms with van der Waals surface area (Å²) in [5.41, 5.74) is 9.09. The number of rotatable bonds is 6. The van der Waals surface area contributed by atoms with Gasteiger partial charge in [0, 0.05) is 26.2 Å². The molecule has 6 nitrogen and oxygen atoms in total. The lowest BCUT2D eigenvalue weighted by molar-refractivity contribution is -0.117. The number of pyridine rings is 1. The highest BCUT2D eigenvalue weighted by Gasteiger charge is 2.26. The zero-order valence-corrected chi connectivity index (χ0v) is 17.1. The fraction of sp³-hybridized carbons (Fsp3) is 0.381. The molecule has 1 saturated heterocycles. The van der Waals surface area contributed by atoms with Gasteiger partial charge >= 0.3 is 0 Å². The maximum Gasteiger partial charge on any atom is 0.235 e. The van der Waals surface area contributed by atoms with Gasteiger partial charge in [0.2, 0.25) is 5.91 Å². The molecule has 7 heteroatoms. The van der Waals surface area contributed by atoms with Crippen LogP contribution in [0.25, 0.3) is 0 Å². The molecule has 3 N–H and O–H groups in total. The van der Waals surface area contributed by atoms with Crippen LogP contribution < -0.4 is 16.0 Å². The van der Waals surface area contributed by atoms with Crippen LogP contribution in [0.5, 0.6) is 0 Å². The van der Waals surface area contributed by atoms with Crippen molar-refractivity contribution in [2.24, 2.45) is 5.73 Å². The lowest BCUT2D eigenvalue weighted by Gasteiger charge is -2.31. The molecule has 0 bridgehead atoms. The molecule has 1 aliphatic rings. The van der Waals surface area contributed by atoms with Crippen molar-refractivity contribution in [1.82, 2.24) is 10.3 Å². The summed E-state index contributed by atoms with van der Waals surface area (Å²) < 4.78 is 0. The molecule has 1 aromatic carbocycles. The van der Waals surface area contributed by atoms with Gasteiger partial charge in [0.25, 0.3) is 0 Å². The highest BCUT2D eigenvalue weighted by atomic mass is 32.2. The van der Waals surface area contributed by atoms with E-state index in [2.05, 4.69) is 16.3 Å². The Labute approximate surface area is 170 Å². The van der Waals surface area contributed by atoms with Gasteiger partial charge in [-0.2, -0.15) is 5.26 Å². The minimum atomic E-state index is -0.593. The lowest BCUT2D eigenvalue weighted by Crippen LogP contribution is -2.44. The van der Waals surface area contributed by atoms with Gasteiger partial charge < -0.3 is 16.0 Å². The number of hydrogen-bond donors (Lipinski definition) is 2. The molecule has 1 amide bonds. The number of anilines is 1. The molecule has 2 aromatic rings. The fourth-order valence-corrected chi connectivity index (χ4v) is 4.60. The summed E-state index contributed by atoms with van der Waals surface area (Å²) in [4.78, 5) is 19.3. The standard InChI is InChI=1S/C21H25N5OS/c1-3-16-14(2)20(26-11-9-24-10-12-26)25-21(17(16)13-22)28-18(19(23)27)15-7-5-4-6-8-15/h4-8,18,24H,3,9-12H2,1-2H3,(H2,23,27). The van der Waals surface area contributed by atoms with Gasteiger partial charge in [0.15, 0.2) is 0 Å². The molecule has 0 aliphatic carbocycles. The Bertz CT molecular complexity index is 888. The van der Waals surface area contributed by atoms with E-state index in [0.29, 0.717) is 10.6 Å². The van der Waals surface area contributed by atoms with Crippen LogP contribution in [0.2, 0.25) is 0 Å². The molecule has 1 aromatic heterocycles. The number of carbonyl (C=O) groups is 1. The van der Waals surface area contributed by atoms with Crippen molar-refractivity contribution in [3.63, 3.8) is 0 Å². The zero-order chi connectivity index (χ0) is 20.1. The van der Waals surface area contributed by atoms with Gasteiger partial charge in [-0.15, -0.1) is 0 Å². The molecule has 0 saturated carbocycles. The number of hydrogen-bond acceptors (Lipinski definition) is 6. The monoisotopic (exact) mass is 395 g/mol. The first-order valence-electron chi connectivity index (χ1n) is 9.47. The molecular formula is C21H25N5OS. The first-order valence-corrected chi connectivity index (χ1v) is 10.3. The van der Waals surface area contributed by atoms with Gasteiger partial charge in [-0.05, 0) is 30.0 Å². The maximum atomic E-state index is 12.2. The van der Waals surface area contributed by atoms with Crippen molar-refractivity contribution in [3.05, 3.63) is 52.6 Å². The highest BCUT2D eigenvalue weighted by Crippen LogP contribution is 2.39. The molecular weight excluding hydrogens is 370 g/mol. The van der Waals surface area contributed by atoms with Crippen LogP contribution >= 0.6 is 11.8 Å². The number of benzene rings is 1. The van der Waals surface area contributed by atoms with Gasteiger partial charge in [-0.25, -0.2) is 4.98 Å². The SMILES string of the molecule is CCc1c(C)c(N2CCNCC2)nc(SC(C(N)=O)c2ccccc2)c1C#N. The molecule has 1 fully saturated rings. The Kier molecular flexibility index (Phi) is 6.55. The molecule has 2 heterocycles. The van der Waals surface area contributed by atoms with E-state index in [9.17, 15) is 10.1 Å². The minimum absolute atomic E-state index is 0.441. The Balaban J connectivity index is 2.07. The molecule has 0 radical (unpaired) electrons. The summed E-state index contributed by atoms with van der Waals surface area (Å²) in [5, 5.41) is 13.2. The number of nitrogens with zero attached hydrogens (tertiary/aromatic N) is 3. The number of nitrogens with one attached hydrogen (secondary N) is 1. The van der Waals surface area contributed by atoms with Crippen LogP contribution in [0.15, 0.2) is 35.4 Å². The van der Waals surface area contributed by atoms with E-state index in [1.54, 1.807) is 0 Å². The number of aromatic nitrogens is 1. The van der Waals surface area contributed by atoms with E-state index in [1.165, 1.54) is 11.8 Å². The van der Waals surface area contributed by atoms with Crippen LogP contribution in [0.4, 0.5) is 5.82 Å². The number of carbonyl (C=O) groups excluding carboxylic acids is 1. The molecule has 28 heavy (non-hydrogen) atoms. The van der Waals surface area contributed by atoms with Gasteiger partial charge in [0.1, 0.15) is 22.2 Å². The summed E-state index contributed by atoms with van der Waals surface area (Å²) in [7, 11) is 0. The average molecular weight is 396 g/mol. The highest BCUT2D eigenvalue weighted by molar-refractivity contribution is 8.00. The van der Waals surface area contributed by atoms with Crippen molar-refractivity contribution in [3.8, 4) is 6.07 Å². The molecule has 1 unspecified atom stereocenters. The topological polar surface area (TPSA) is 95.0 Å². The van der Waals surface area contributed by atoms with Gasteiger partial charge in [0.05, 0.1) is 5.56 Å². The molecule has 1 aliphatic heterocycles. The van der Waals surface area contributed by atoms with Crippen molar-refractivity contribution in [2.45, 2.75) is 30.5 Å². The Morgan fingerprint density at radius 3 is 2.61 bits per heavy atom. The van der Waals surface area contributed by atoms with E-state index in [-0.39, 0.29) is 0 Å². The summed E-state index contributed by atoms with van der Waals surface area (Å²) in [6.45, 7) is 7.61. The summed E-state index contributed by atoms with van der Waals surface area (Å²) >= 11 is 1.27. The number of nitrogens with two attached hydrogens (primary N) is 1. The Morgan fingerprint density at radius 1 is 1.36 bits per heavy atom. The number of nitriles is 1. The Hall–Kier alpha value is -2.56. The number of amides is 1. The van der Waals surface area contributed by atoms with Crippen molar-refractivity contribution < 1.29 is 4.79 Å². The van der Waals surface area contributed by atoms with E-state index < -0.39 is 11.2 Å². The number of thioether (sulfide) groups is 1. The second-order valence-corrected chi connectivity index (χ2v) is 7.83. The van der Waals surface area contributed by atoms with E-state index in [4.69, 9.17) is 10.7 Å². The predicted octanol–water partition coefficient (Wildman–Crippen LogP) is 2.55. The van der Waals surface area contributed by atoms with Crippen molar-refractivity contribution in [1.29, 1.82) is 5.26 Å². The fourth-order valence-electron chi connectivity index (χ4n) is 3.54. The number of piperazine rings is 1. The van der Waals surface area contributed by atoms with Crippen molar-refractivity contribution in [2.75, 3.05) is 31.1 Å². The van der Waals surface area contributed by atoms with Gasteiger partial charge in [-0.1, -0.05) is 49.0 Å².